The second-order valence-corrected chi connectivity index (χ2v) is 11.5. The first kappa shape index (κ1) is 26.3. The summed E-state index contributed by atoms with van der Waals surface area (Å²) in [5.74, 6) is 0.397. The van der Waals surface area contributed by atoms with Crippen molar-refractivity contribution in [2.45, 2.75) is 69.4 Å². The minimum Gasteiger partial charge on any atom is -0.370 e. The summed E-state index contributed by atoms with van der Waals surface area (Å²) in [4.78, 5) is 22.2. The van der Waals surface area contributed by atoms with Gasteiger partial charge in [-0.3, -0.25) is 9.69 Å². The minimum absolute atomic E-state index is 0.175. The standard InChI is InChI=1S/C29H37Cl2N5O/c30-21-10-13-25(27(31)17-21)26(18-28(32)37)20-8-11-23(12-9-20)34-29(33-22-5-2-1-3-6-22)36-16-15-35-14-4-7-24(35)19-36/h8-13,17,22,24,26H,1-7,14-16,18-19H2,(H2,32,37)(H,33,34). The number of anilines is 1. The summed E-state index contributed by atoms with van der Waals surface area (Å²) in [6.45, 7) is 4.37. The second kappa shape index (κ2) is 12.1. The zero-order valence-corrected chi connectivity index (χ0v) is 22.9. The van der Waals surface area contributed by atoms with Gasteiger partial charge in [0.15, 0.2) is 5.96 Å². The maximum absolute atomic E-state index is 11.9. The SMILES string of the molecule is NC(=O)CC(c1ccc(N/C(=N/C2CCCCC2)N2CCN3CCCC3C2)cc1)c1ccc(Cl)cc1Cl. The normalized spacial score (nSPS) is 22.1. The van der Waals surface area contributed by atoms with Gasteiger partial charge in [0, 0.05) is 53.7 Å². The highest BCUT2D eigenvalue weighted by Crippen LogP contribution is 2.35. The number of nitrogens with zero attached hydrogens (tertiary/aromatic N) is 3. The Bertz CT molecular complexity index is 1120. The van der Waals surface area contributed by atoms with Gasteiger partial charge in [-0.25, -0.2) is 4.99 Å². The monoisotopic (exact) mass is 541 g/mol. The molecule has 3 aliphatic rings. The van der Waals surface area contributed by atoms with Gasteiger partial charge in [0.05, 0.1) is 6.04 Å². The Morgan fingerprint density at radius 3 is 2.51 bits per heavy atom. The number of aliphatic imine (C=N–C) groups is 1. The molecule has 198 valence electrons. The van der Waals surface area contributed by atoms with Gasteiger partial charge in [-0.2, -0.15) is 0 Å². The van der Waals surface area contributed by atoms with Crippen LogP contribution < -0.4 is 11.1 Å². The van der Waals surface area contributed by atoms with Gasteiger partial charge in [-0.1, -0.05) is 60.7 Å². The van der Waals surface area contributed by atoms with Gasteiger partial charge >= 0.3 is 0 Å². The minimum atomic E-state index is -0.369. The van der Waals surface area contributed by atoms with E-state index in [0.29, 0.717) is 22.1 Å². The number of hydrogen-bond donors (Lipinski definition) is 2. The van der Waals surface area contributed by atoms with E-state index in [1.807, 2.05) is 18.2 Å². The fourth-order valence-electron chi connectivity index (χ4n) is 6.08. The molecule has 1 amide bonds. The average Bonchev–Trinajstić information content (AvgIpc) is 3.36. The largest absolute Gasteiger partial charge is 0.370 e. The van der Waals surface area contributed by atoms with Crippen LogP contribution in [0.3, 0.4) is 0 Å². The third kappa shape index (κ3) is 6.60. The highest BCUT2D eigenvalue weighted by atomic mass is 35.5. The van der Waals surface area contributed by atoms with Crippen molar-refractivity contribution in [1.29, 1.82) is 0 Å². The molecule has 1 aliphatic carbocycles. The van der Waals surface area contributed by atoms with Crippen LogP contribution in [0.25, 0.3) is 0 Å². The molecule has 0 aromatic heterocycles. The van der Waals surface area contributed by atoms with Crippen LogP contribution in [-0.2, 0) is 4.79 Å². The van der Waals surface area contributed by atoms with E-state index in [1.165, 1.54) is 51.5 Å². The molecule has 1 saturated carbocycles. The van der Waals surface area contributed by atoms with E-state index in [4.69, 9.17) is 33.9 Å². The molecule has 2 aromatic carbocycles. The fourth-order valence-corrected chi connectivity index (χ4v) is 6.62. The molecule has 37 heavy (non-hydrogen) atoms. The number of guanidine groups is 1. The molecule has 0 bridgehead atoms. The van der Waals surface area contributed by atoms with Crippen LogP contribution in [0, 0.1) is 0 Å². The summed E-state index contributed by atoms with van der Waals surface area (Å²) in [5, 5.41) is 4.76. The van der Waals surface area contributed by atoms with E-state index in [9.17, 15) is 4.79 Å². The topological polar surface area (TPSA) is 74.0 Å². The number of benzene rings is 2. The number of nitrogens with one attached hydrogen (secondary N) is 1. The van der Waals surface area contributed by atoms with Crippen molar-refractivity contribution >= 4 is 40.8 Å². The van der Waals surface area contributed by atoms with E-state index in [2.05, 4.69) is 27.2 Å². The maximum atomic E-state index is 11.9. The number of carbonyl (C=O) groups is 1. The zero-order chi connectivity index (χ0) is 25.8. The Morgan fingerprint density at radius 2 is 1.78 bits per heavy atom. The lowest BCUT2D eigenvalue weighted by molar-refractivity contribution is -0.118. The molecule has 2 heterocycles. The highest BCUT2D eigenvalue weighted by Gasteiger charge is 2.32. The van der Waals surface area contributed by atoms with Crippen molar-refractivity contribution in [3.05, 3.63) is 63.6 Å². The summed E-state index contributed by atoms with van der Waals surface area (Å²) >= 11 is 12.6. The molecule has 2 atom stereocenters. The Hall–Kier alpha value is -2.28. The van der Waals surface area contributed by atoms with Gasteiger partial charge in [-0.15, -0.1) is 0 Å². The van der Waals surface area contributed by atoms with Crippen LogP contribution in [0.5, 0.6) is 0 Å². The summed E-state index contributed by atoms with van der Waals surface area (Å²) in [6, 6.07) is 14.6. The van der Waals surface area contributed by atoms with Crippen molar-refractivity contribution < 1.29 is 4.79 Å². The van der Waals surface area contributed by atoms with Gasteiger partial charge in [0.2, 0.25) is 5.91 Å². The molecule has 3 fully saturated rings. The number of piperazine rings is 1. The van der Waals surface area contributed by atoms with Crippen LogP contribution >= 0.6 is 23.2 Å². The summed E-state index contributed by atoms with van der Waals surface area (Å²) in [5.41, 5.74) is 8.43. The molecule has 2 aromatic rings. The molecule has 0 radical (unpaired) electrons. The number of halogens is 2. The molecule has 8 heteroatoms. The van der Waals surface area contributed by atoms with Crippen molar-refractivity contribution in [2.75, 3.05) is 31.5 Å². The van der Waals surface area contributed by atoms with Gasteiger partial charge in [0.25, 0.3) is 0 Å². The predicted octanol–water partition coefficient (Wildman–Crippen LogP) is 5.88. The first-order valence-corrected chi connectivity index (χ1v) is 14.4. The van der Waals surface area contributed by atoms with Crippen LogP contribution in [0.4, 0.5) is 5.69 Å². The smallest absolute Gasteiger partial charge is 0.218 e. The molecule has 0 spiro atoms. The Balaban J connectivity index is 1.37. The van der Waals surface area contributed by atoms with Gasteiger partial charge < -0.3 is 16.0 Å². The van der Waals surface area contributed by atoms with E-state index >= 15 is 0 Å². The summed E-state index contributed by atoms with van der Waals surface area (Å²) in [7, 11) is 0. The van der Waals surface area contributed by atoms with Crippen molar-refractivity contribution in [1.82, 2.24) is 9.80 Å². The average molecular weight is 543 g/mol. The van der Waals surface area contributed by atoms with E-state index in [0.717, 1.165) is 42.4 Å². The van der Waals surface area contributed by atoms with Crippen LogP contribution in [0.15, 0.2) is 47.5 Å². The molecule has 2 saturated heterocycles. The number of carbonyl (C=O) groups excluding carboxylic acids is 1. The third-order valence-electron chi connectivity index (χ3n) is 8.08. The first-order valence-electron chi connectivity index (χ1n) is 13.6. The van der Waals surface area contributed by atoms with Crippen molar-refractivity contribution in [2.24, 2.45) is 10.7 Å². The van der Waals surface area contributed by atoms with Crippen molar-refractivity contribution in [3.8, 4) is 0 Å². The van der Waals surface area contributed by atoms with E-state index in [-0.39, 0.29) is 18.2 Å². The van der Waals surface area contributed by atoms with Gasteiger partial charge in [-0.05, 0) is 67.6 Å². The first-order chi connectivity index (χ1) is 18.0. The molecule has 3 N–H and O–H groups in total. The predicted molar refractivity (Wildman–Crippen MR) is 153 cm³/mol. The zero-order valence-electron chi connectivity index (χ0n) is 21.3. The fraction of sp³-hybridized carbons (Fsp3) is 0.517. The number of primary amides is 1. The second-order valence-electron chi connectivity index (χ2n) is 10.7. The van der Waals surface area contributed by atoms with Crippen molar-refractivity contribution in [3.63, 3.8) is 0 Å². The molecule has 2 unspecified atom stereocenters. The lowest BCUT2D eigenvalue weighted by Gasteiger charge is -2.39. The number of hydrogen-bond acceptors (Lipinski definition) is 3. The number of amides is 1. The molecular formula is C29H37Cl2N5O. The Labute approximate surface area is 230 Å². The Morgan fingerprint density at radius 1 is 1.00 bits per heavy atom. The van der Waals surface area contributed by atoms with Crippen LogP contribution in [0.1, 0.15) is 68.4 Å². The summed E-state index contributed by atoms with van der Waals surface area (Å²) in [6.07, 6.45) is 8.94. The third-order valence-corrected chi connectivity index (χ3v) is 8.64. The van der Waals surface area contributed by atoms with Crippen LogP contribution in [0.2, 0.25) is 10.0 Å². The lowest BCUT2D eigenvalue weighted by Crippen LogP contribution is -2.53. The number of nitrogens with two attached hydrogens (primary N) is 1. The highest BCUT2D eigenvalue weighted by molar-refractivity contribution is 6.35. The quantitative estimate of drug-likeness (QED) is 0.353. The Kier molecular flexibility index (Phi) is 8.58. The molecule has 2 aliphatic heterocycles. The molecule has 6 nitrogen and oxygen atoms in total. The lowest BCUT2D eigenvalue weighted by atomic mass is 9.88. The van der Waals surface area contributed by atoms with Crippen LogP contribution in [-0.4, -0.2) is 59.9 Å². The van der Waals surface area contributed by atoms with E-state index in [1.54, 1.807) is 12.1 Å². The van der Waals surface area contributed by atoms with Gasteiger partial charge in [0.1, 0.15) is 0 Å². The molecule has 5 rings (SSSR count). The number of fused-ring (bicyclic) bond motifs is 1. The molecular weight excluding hydrogens is 505 g/mol. The van der Waals surface area contributed by atoms with E-state index < -0.39 is 0 Å². The maximum Gasteiger partial charge on any atom is 0.218 e. The summed E-state index contributed by atoms with van der Waals surface area (Å²) < 4.78 is 0. The number of rotatable bonds is 6.